The minimum absolute atomic E-state index is 0.756. The first kappa shape index (κ1) is 14.9. The predicted octanol–water partition coefficient (Wildman–Crippen LogP) is 3.77. The van der Waals surface area contributed by atoms with Gasteiger partial charge in [-0.25, -0.2) is 0 Å². The maximum atomic E-state index is 5.31. The summed E-state index contributed by atoms with van der Waals surface area (Å²) in [5.74, 6) is 1.51. The number of methoxy groups -OCH3 is 3. The van der Waals surface area contributed by atoms with Crippen LogP contribution in [0.2, 0.25) is 0 Å². The Morgan fingerprint density at radius 3 is 2.19 bits per heavy atom. The van der Waals surface area contributed by atoms with Crippen LogP contribution in [0.3, 0.4) is 0 Å². The second kappa shape index (κ2) is 6.79. The Morgan fingerprint density at radius 1 is 0.952 bits per heavy atom. The van der Waals surface area contributed by atoms with Gasteiger partial charge in [-0.2, -0.15) is 0 Å². The number of rotatable bonds is 5. The topological polar surface area (TPSA) is 40.6 Å². The fraction of sp³-hybridized carbons (Fsp3) is 0.235. The van der Waals surface area contributed by atoms with Gasteiger partial charge in [-0.1, -0.05) is 0 Å². The lowest BCUT2D eigenvalue weighted by molar-refractivity contribution is 0.339. The Hall–Kier alpha value is -2.49. The van der Waals surface area contributed by atoms with Crippen molar-refractivity contribution in [3.8, 4) is 22.6 Å². The standard InChI is InChI=1S/C17H19NO3/c1-12(11-19-2)17-9-13(5-6-18-17)14-7-15(20-3)10-16(8-14)21-4/h5-11H,1-4H3/b12-11-. The Kier molecular flexibility index (Phi) is 4.82. The summed E-state index contributed by atoms with van der Waals surface area (Å²) in [7, 11) is 4.91. The third-order valence-electron chi connectivity index (χ3n) is 3.14. The molecule has 0 aliphatic heterocycles. The molecule has 0 saturated carbocycles. The van der Waals surface area contributed by atoms with E-state index in [-0.39, 0.29) is 0 Å². The van der Waals surface area contributed by atoms with Gasteiger partial charge < -0.3 is 14.2 Å². The van der Waals surface area contributed by atoms with Crippen molar-refractivity contribution in [2.24, 2.45) is 0 Å². The molecule has 2 aromatic rings. The highest BCUT2D eigenvalue weighted by Gasteiger charge is 2.06. The first-order valence-electron chi connectivity index (χ1n) is 6.57. The first-order valence-corrected chi connectivity index (χ1v) is 6.57. The quantitative estimate of drug-likeness (QED) is 0.784. The normalized spacial score (nSPS) is 11.1. The Balaban J connectivity index is 2.47. The number of benzene rings is 1. The second-order valence-electron chi connectivity index (χ2n) is 4.57. The van der Waals surface area contributed by atoms with E-state index >= 15 is 0 Å². The number of hydrogen-bond donors (Lipinski definition) is 0. The molecule has 0 aliphatic rings. The van der Waals surface area contributed by atoms with Gasteiger partial charge in [0.05, 0.1) is 33.3 Å². The van der Waals surface area contributed by atoms with Gasteiger partial charge >= 0.3 is 0 Å². The summed E-state index contributed by atoms with van der Waals surface area (Å²) in [5, 5.41) is 0. The van der Waals surface area contributed by atoms with Crippen LogP contribution >= 0.6 is 0 Å². The molecule has 110 valence electrons. The van der Waals surface area contributed by atoms with E-state index in [0.717, 1.165) is 33.9 Å². The van der Waals surface area contributed by atoms with E-state index in [4.69, 9.17) is 14.2 Å². The van der Waals surface area contributed by atoms with E-state index in [9.17, 15) is 0 Å². The molecule has 0 spiro atoms. The number of aromatic nitrogens is 1. The molecule has 0 N–H and O–H groups in total. The van der Waals surface area contributed by atoms with Crippen molar-refractivity contribution in [1.29, 1.82) is 0 Å². The Bertz CT molecular complexity index is 628. The van der Waals surface area contributed by atoms with Gasteiger partial charge in [0.25, 0.3) is 0 Å². The highest BCUT2D eigenvalue weighted by atomic mass is 16.5. The van der Waals surface area contributed by atoms with Crippen molar-refractivity contribution < 1.29 is 14.2 Å². The molecule has 0 radical (unpaired) electrons. The van der Waals surface area contributed by atoms with Crippen LogP contribution in [-0.4, -0.2) is 26.3 Å². The van der Waals surface area contributed by atoms with E-state index in [1.54, 1.807) is 33.8 Å². The summed E-state index contributed by atoms with van der Waals surface area (Å²) in [6.07, 6.45) is 3.46. The van der Waals surface area contributed by atoms with Crippen molar-refractivity contribution >= 4 is 5.57 Å². The van der Waals surface area contributed by atoms with Gasteiger partial charge in [0.1, 0.15) is 11.5 Å². The minimum atomic E-state index is 0.756. The number of pyridine rings is 1. The monoisotopic (exact) mass is 285 g/mol. The summed E-state index contributed by atoms with van der Waals surface area (Å²) in [4.78, 5) is 4.36. The lowest BCUT2D eigenvalue weighted by Gasteiger charge is -2.09. The van der Waals surface area contributed by atoms with Crippen LogP contribution in [-0.2, 0) is 4.74 Å². The maximum Gasteiger partial charge on any atom is 0.123 e. The zero-order valence-corrected chi connectivity index (χ0v) is 12.7. The molecule has 0 saturated heterocycles. The van der Waals surface area contributed by atoms with E-state index in [1.807, 2.05) is 37.3 Å². The van der Waals surface area contributed by atoms with Gasteiger partial charge in [-0.3, -0.25) is 4.98 Å². The molecule has 2 rings (SSSR count). The van der Waals surface area contributed by atoms with Crippen LogP contribution in [0.1, 0.15) is 12.6 Å². The third-order valence-corrected chi connectivity index (χ3v) is 3.14. The zero-order chi connectivity index (χ0) is 15.2. The Labute approximate surface area is 125 Å². The lowest BCUT2D eigenvalue weighted by atomic mass is 10.0. The molecule has 0 atom stereocenters. The van der Waals surface area contributed by atoms with Gasteiger partial charge in [0.2, 0.25) is 0 Å². The molecule has 4 heteroatoms. The summed E-state index contributed by atoms with van der Waals surface area (Å²) in [6, 6.07) is 9.76. The molecule has 0 unspecified atom stereocenters. The average Bonchev–Trinajstić information content (AvgIpc) is 2.54. The van der Waals surface area contributed by atoms with E-state index in [1.165, 1.54) is 0 Å². The summed E-state index contributed by atoms with van der Waals surface area (Å²) in [5.41, 5.74) is 3.89. The van der Waals surface area contributed by atoms with Crippen molar-refractivity contribution in [2.75, 3.05) is 21.3 Å². The predicted molar refractivity (Wildman–Crippen MR) is 83.4 cm³/mol. The largest absolute Gasteiger partial charge is 0.504 e. The fourth-order valence-electron chi connectivity index (χ4n) is 2.04. The highest BCUT2D eigenvalue weighted by molar-refractivity contribution is 5.71. The first-order chi connectivity index (χ1) is 10.2. The molecule has 0 amide bonds. The molecule has 1 heterocycles. The molecular formula is C17H19NO3. The van der Waals surface area contributed by atoms with Crippen LogP contribution in [0.5, 0.6) is 11.5 Å². The van der Waals surface area contributed by atoms with Crippen LogP contribution in [0.15, 0.2) is 42.8 Å². The van der Waals surface area contributed by atoms with Gasteiger partial charge in [-0.05, 0) is 42.3 Å². The van der Waals surface area contributed by atoms with Crippen molar-refractivity contribution in [2.45, 2.75) is 6.92 Å². The van der Waals surface area contributed by atoms with Crippen LogP contribution in [0.4, 0.5) is 0 Å². The SMILES string of the molecule is CO/C=C(/C)c1cc(-c2cc(OC)cc(OC)c2)ccn1. The second-order valence-corrected chi connectivity index (χ2v) is 4.57. The fourth-order valence-corrected chi connectivity index (χ4v) is 2.04. The number of nitrogens with zero attached hydrogens (tertiary/aromatic N) is 1. The summed E-state index contributed by atoms with van der Waals surface area (Å²) in [6.45, 7) is 1.96. The molecule has 0 bridgehead atoms. The molecule has 1 aromatic carbocycles. The van der Waals surface area contributed by atoms with Crippen molar-refractivity contribution in [3.63, 3.8) is 0 Å². The number of hydrogen-bond acceptors (Lipinski definition) is 4. The van der Waals surface area contributed by atoms with Gasteiger partial charge in [0.15, 0.2) is 0 Å². The maximum absolute atomic E-state index is 5.31. The van der Waals surface area contributed by atoms with Gasteiger partial charge in [-0.15, -0.1) is 0 Å². The molecule has 21 heavy (non-hydrogen) atoms. The smallest absolute Gasteiger partial charge is 0.123 e. The van der Waals surface area contributed by atoms with Crippen LogP contribution < -0.4 is 9.47 Å². The molecule has 0 fully saturated rings. The summed E-state index contributed by atoms with van der Waals surface area (Å²) < 4.78 is 15.7. The highest BCUT2D eigenvalue weighted by Crippen LogP contribution is 2.30. The minimum Gasteiger partial charge on any atom is -0.504 e. The molecular weight excluding hydrogens is 266 g/mol. The Morgan fingerprint density at radius 2 is 1.62 bits per heavy atom. The van der Waals surface area contributed by atoms with E-state index < -0.39 is 0 Å². The van der Waals surface area contributed by atoms with Crippen LogP contribution in [0.25, 0.3) is 16.7 Å². The van der Waals surface area contributed by atoms with E-state index in [0.29, 0.717) is 0 Å². The van der Waals surface area contributed by atoms with Crippen molar-refractivity contribution in [1.82, 2.24) is 4.98 Å². The van der Waals surface area contributed by atoms with Gasteiger partial charge in [0, 0.05) is 17.8 Å². The van der Waals surface area contributed by atoms with Crippen LogP contribution in [0, 0.1) is 0 Å². The zero-order valence-electron chi connectivity index (χ0n) is 12.7. The van der Waals surface area contributed by atoms with E-state index in [2.05, 4.69) is 4.98 Å². The number of allylic oxidation sites excluding steroid dienone is 1. The van der Waals surface area contributed by atoms with Crippen molar-refractivity contribution in [3.05, 3.63) is 48.5 Å². The number of ether oxygens (including phenoxy) is 3. The third kappa shape index (κ3) is 3.54. The molecule has 0 aliphatic carbocycles. The lowest BCUT2D eigenvalue weighted by Crippen LogP contribution is -1.91. The molecule has 1 aromatic heterocycles. The molecule has 4 nitrogen and oxygen atoms in total. The average molecular weight is 285 g/mol. The summed E-state index contributed by atoms with van der Waals surface area (Å²) >= 11 is 0.